The van der Waals surface area contributed by atoms with Gasteiger partial charge in [-0.05, 0) is 74.5 Å². The van der Waals surface area contributed by atoms with Crippen molar-refractivity contribution in [3.63, 3.8) is 0 Å². The van der Waals surface area contributed by atoms with Crippen LogP contribution in [0, 0.1) is 38.5 Å². The summed E-state index contributed by atoms with van der Waals surface area (Å²) in [6, 6.07) is 0. The average molecular weight is 462 g/mol. The van der Waals surface area contributed by atoms with Crippen LogP contribution in [0.5, 0.6) is 11.5 Å². The van der Waals surface area contributed by atoms with E-state index in [1.165, 1.54) is 44.9 Å². The van der Waals surface area contributed by atoms with Crippen molar-refractivity contribution in [2.75, 3.05) is 13.2 Å². The van der Waals surface area contributed by atoms with Crippen molar-refractivity contribution in [1.29, 1.82) is 0 Å². The predicted molar refractivity (Wildman–Crippen MR) is 140 cm³/mol. The van der Waals surface area contributed by atoms with Crippen LogP contribution in [0.4, 0.5) is 0 Å². The molecule has 4 heteroatoms. The summed E-state index contributed by atoms with van der Waals surface area (Å²) in [5.74, 6) is 3.73. The number of amides is 1. The summed E-state index contributed by atoms with van der Waals surface area (Å²) in [4.78, 5) is 11.2. The van der Waals surface area contributed by atoms with E-state index in [1.807, 2.05) is 13.8 Å². The maximum absolute atomic E-state index is 11.2. The summed E-state index contributed by atoms with van der Waals surface area (Å²) in [7, 11) is 0. The topological polar surface area (TPSA) is 61.5 Å². The van der Waals surface area contributed by atoms with Gasteiger partial charge in [-0.15, -0.1) is 0 Å². The Morgan fingerprint density at radius 2 is 1.27 bits per heavy atom. The minimum absolute atomic E-state index is 0.0981. The number of nitrogens with two attached hydrogens (primary N) is 1. The van der Waals surface area contributed by atoms with Gasteiger partial charge in [-0.25, -0.2) is 0 Å². The molecular formula is C29H51NO3. The van der Waals surface area contributed by atoms with Crippen LogP contribution in [0.15, 0.2) is 0 Å². The van der Waals surface area contributed by atoms with Gasteiger partial charge in [-0.3, -0.25) is 4.79 Å². The summed E-state index contributed by atoms with van der Waals surface area (Å²) in [5.41, 5.74) is 9.60. The highest BCUT2D eigenvalue weighted by atomic mass is 16.5. The fourth-order valence-electron chi connectivity index (χ4n) is 4.72. The predicted octanol–water partition coefficient (Wildman–Crippen LogP) is 7.47. The Hall–Kier alpha value is -1.71. The maximum Gasteiger partial charge on any atom is 0.255 e. The van der Waals surface area contributed by atoms with Gasteiger partial charge in [0.2, 0.25) is 0 Å². The Kier molecular flexibility index (Phi) is 13.5. The van der Waals surface area contributed by atoms with Crippen LogP contribution >= 0.6 is 0 Å². The number of hydrogen-bond donors (Lipinski definition) is 1. The quantitative estimate of drug-likeness (QED) is 0.245. The molecule has 0 unspecified atom stereocenters. The number of rotatable bonds is 17. The molecule has 33 heavy (non-hydrogen) atoms. The first-order valence-corrected chi connectivity index (χ1v) is 13.2. The maximum atomic E-state index is 11.2. The van der Waals surface area contributed by atoms with Crippen LogP contribution in [0.1, 0.15) is 108 Å². The first-order chi connectivity index (χ1) is 15.6. The molecule has 0 saturated heterocycles. The van der Waals surface area contributed by atoms with Crippen molar-refractivity contribution in [2.45, 2.75) is 113 Å². The van der Waals surface area contributed by atoms with E-state index in [9.17, 15) is 4.79 Å². The van der Waals surface area contributed by atoms with E-state index in [-0.39, 0.29) is 6.61 Å². The fourth-order valence-corrected chi connectivity index (χ4v) is 4.72. The standard InChI is InChI=1S/C29H51NO3/c1-9-26-25(8)28(33-19-27(30)31)23(6)24(7)29(26)32-18-12-17-22(5)16-11-15-21(4)14-10-13-20(2)3/h20-22H,9-19H2,1-8H3,(H2,30,31)/t21-,22-/m1/s1. The number of ether oxygens (including phenoxy) is 2. The highest BCUT2D eigenvalue weighted by molar-refractivity contribution is 5.75. The molecule has 0 fully saturated rings. The van der Waals surface area contributed by atoms with Crippen molar-refractivity contribution in [3.05, 3.63) is 22.3 Å². The van der Waals surface area contributed by atoms with Crippen molar-refractivity contribution < 1.29 is 14.3 Å². The lowest BCUT2D eigenvalue weighted by Gasteiger charge is -2.22. The highest BCUT2D eigenvalue weighted by Crippen LogP contribution is 2.38. The molecule has 0 heterocycles. The van der Waals surface area contributed by atoms with Crippen LogP contribution in [0.3, 0.4) is 0 Å². The molecule has 0 aliphatic heterocycles. The summed E-state index contributed by atoms with van der Waals surface area (Å²) < 4.78 is 12.0. The first-order valence-electron chi connectivity index (χ1n) is 13.2. The molecule has 0 aromatic heterocycles. The van der Waals surface area contributed by atoms with E-state index in [2.05, 4.69) is 41.5 Å². The summed E-state index contributed by atoms with van der Waals surface area (Å²) in [6.45, 7) is 18.4. The molecule has 2 atom stereocenters. The van der Waals surface area contributed by atoms with Gasteiger partial charge < -0.3 is 15.2 Å². The van der Waals surface area contributed by atoms with Gasteiger partial charge in [0.25, 0.3) is 5.91 Å². The number of carbonyl (C=O) groups is 1. The van der Waals surface area contributed by atoms with Gasteiger partial charge in [-0.1, -0.05) is 73.1 Å². The molecule has 0 spiro atoms. The lowest BCUT2D eigenvalue weighted by molar-refractivity contribution is -0.119. The molecular weight excluding hydrogens is 410 g/mol. The molecule has 0 saturated carbocycles. The number of hydrogen-bond acceptors (Lipinski definition) is 3. The van der Waals surface area contributed by atoms with Crippen molar-refractivity contribution >= 4 is 5.91 Å². The third-order valence-electron chi connectivity index (χ3n) is 6.98. The van der Waals surface area contributed by atoms with Gasteiger partial charge in [0, 0.05) is 5.56 Å². The third kappa shape index (κ3) is 10.4. The summed E-state index contributed by atoms with van der Waals surface area (Å²) >= 11 is 0. The molecule has 2 N–H and O–H groups in total. The molecule has 0 bridgehead atoms. The van der Waals surface area contributed by atoms with Gasteiger partial charge in [0.15, 0.2) is 6.61 Å². The second-order valence-corrected chi connectivity index (χ2v) is 10.6. The van der Waals surface area contributed by atoms with Gasteiger partial charge in [0.05, 0.1) is 6.61 Å². The van der Waals surface area contributed by atoms with Crippen molar-refractivity contribution in [3.8, 4) is 11.5 Å². The SMILES string of the molecule is CCc1c(C)c(OCC(N)=O)c(C)c(C)c1OCCC[C@H](C)CCC[C@H](C)CCCC(C)C. The van der Waals surface area contributed by atoms with E-state index in [1.54, 1.807) is 0 Å². The van der Waals surface area contributed by atoms with Gasteiger partial charge in [0.1, 0.15) is 11.5 Å². The molecule has 1 amide bonds. The third-order valence-corrected chi connectivity index (χ3v) is 6.98. The number of primary amides is 1. The normalized spacial score (nSPS) is 13.2. The largest absolute Gasteiger partial charge is 0.493 e. The van der Waals surface area contributed by atoms with Crippen LogP contribution < -0.4 is 15.2 Å². The van der Waals surface area contributed by atoms with E-state index in [4.69, 9.17) is 15.2 Å². The molecule has 0 aliphatic carbocycles. The first kappa shape index (κ1) is 29.3. The Morgan fingerprint density at radius 3 is 1.79 bits per heavy atom. The van der Waals surface area contributed by atoms with Crippen molar-refractivity contribution in [1.82, 2.24) is 0 Å². The van der Waals surface area contributed by atoms with E-state index in [0.29, 0.717) is 0 Å². The van der Waals surface area contributed by atoms with Crippen molar-refractivity contribution in [2.24, 2.45) is 23.5 Å². The number of benzene rings is 1. The Bertz CT molecular complexity index is 726. The van der Waals surface area contributed by atoms with E-state index in [0.717, 1.165) is 71.0 Å². The van der Waals surface area contributed by atoms with Gasteiger partial charge in [-0.2, -0.15) is 0 Å². The Balaban J connectivity index is 2.49. The summed E-state index contributed by atoms with van der Waals surface area (Å²) in [5, 5.41) is 0. The van der Waals surface area contributed by atoms with Crippen LogP contribution in [-0.4, -0.2) is 19.1 Å². The van der Waals surface area contributed by atoms with E-state index < -0.39 is 5.91 Å². The molecule has 4 nitrogen and oxygen atoms in total. The zero-order valence-electron chi connectivity index (χ0n) is 22.8. The Morgan fingerprint density at radius 1 is 0.758 bits per heavy atom. The second kappa shape index (κ2) is 15.2. The Labute approximate surface area is 204 Å². The van der Waals surface area contributed by atoms with Gasteiger partial charge >= 0.3 is 0 Å². The number of carbonyl (C=O) groups excluding carboxylic acids is 1. The average Bonchev–Trinajstić information content (AvgIpc) is 2.74. The molecule has 0 radical (unpaired) electrons. The minimum Gasteiger partial charge on any atom is -0.493 e. The zero-order valence-corrected chi connectivity index (χ0v) is 22.8. The minimum atomic E-state index is -0.459. The zero-order chi connectivity index (χ0) is 25.0. The molecule has 1 aromatic carbocycles. The lowest BCUT2D eigenvalue weighted by atomic mass is 9.92. The fraction of sp³-hybridized carbons (Fsp3) is 0.759. The van der Waals surface area contributed by atoms with E-state index >= 15 is 0 Å². The molecule has 190 valence electrons. The second-order valence-electron chi connectivity index (χ2n) is 10.6. The van der Waals surface area contributed by atoms with Crippen LogP contribution in [-0.2, 0) is 11.2 Å². The smallest absolute Gasteiger partial charge is 0.255 e. The highest BCUT2D eigenvalue weighted by Gasteiger charge is 2.19. The lowest BCUT2D eigenvalue weighted by Crippen LogP contribution is -2.21. The van der Waals surface area contributed by atoms with Crippen LogP contribution in [0.25, 0.3) is 0 Å². The van der Waals surface area contributed by atoms with Crippen LogP contribution in [0.2, 0.25) is 0 Å². The molecule has 0 aliphatic rings. The molecule has 1 rings (SSSR count). The summed E-state index contributed by atoms with van der Waals surface area (Å²) in [6.07, 6.45) is 11.3. The monoisotopic (exact) mass is 461 g/mol. The molecule has 1 aromatic rings.